The van der Waals surface area contributed by atoms with E-state index in [9.17, 15) is 4.79 Å². The predicted molar refractivity (Wildman–Crippen MR) is 24.8 cm³/mol. The molecule has 1 fully saturated rings. The number of carbonyl (C=O) groups excluding carboxylic acids is 1. The third-order valence-corrected chi connectivity index (χ3v) is 0.915. The Kier molecular flexibility index (Phi) is 0.971. The average molecular weight is 101 g/mol. The Labute approximate surface area is 43.9 Å². The molecule has 7 heavy (non-hydrogen) atoms. The van der Waals surface area contributed by atoms with E-state index in [0.29, 0.717) is 19.4 Å². The van der Waals surface area contributed by atoms with Crippen LogP contribution in [0.25, 0.3) is 0 Å². The fourth-order valence-electron chi connectivity index (χ4n) is 0.527. The Balaban J connectivity index is 2.29. The lowest BCUT2D eigenvalue weighted by atomic mass is 10.2. The van der Waals surface area contributed by atoms with Gasteiger partial charge in [0.05, 0.1) is 6.61 Å². The van der Waals surface area contributed by atoms with E-state index in [-0.39, 0.29) is 12.4 Å². The fourth-order valence-corrected chi connectivity index (χ4v) is 0.527. The molecule has 0 aliphatic carbocycles. The van der Waals surface area contributed by atoms with Crippen molar-refractivity contribution in [3.05, 3.63) is 0 Å². The second-order valence-electron chi connectivity index (χ2n) is 1.51. The summed E-state index contributed by atoms with van der Waals surface area (Å²) in [5, 5.41) is 0. The van der Waals surface area contributed by atoms with Crippen molar-refractivity contribution in [1.82, 2.24) is 0 Å². The van der Waals surface area contributed by atoms with Gasteiger partial charge in [0.25, 0.3) is 0 Å². The van der Waals surface area contributed by atoms with Gasteiger partial charge < -0.3 is 4.74 Å². The van der Waals surface area contributed by atoms with E-state index >= 15 is 0 Å². The van der Waals surface area contributed by atoms with E-state index in [1.54, 1.807) is 0 Å². The maximum Gasteiger partial charge on any atom is 0.305 e. The van der Waals surface area contributed by atoms with Crippen LogP contribution >= 0.6 is 0 Å². The molecule has 0 aromatic rings. The summed E-state index contributed by atoms with van der Waals surface area (Å²) in [6.07, 6.45) is 0.917. The van der Waals surface area contributed by atoms with Gasteiger partial charge in [-0.05, 0) is 12.8 Å². The summed E-state index contributed by atoms with van der Waals surface area (Å²) >= 11 is 0. The van der Waals surface area contributed by atoms with Gasteiger partial charge in [-0.2, -0.15) is 0 Å². The number of carbonyl (C=O) groups is 1. The highest BCUT2D eigenvalue weighted by Crippen LogP contribution is 2.04. The second-order valence-corrected chi connectivity index (χ2v) is 1.51. The molecule has 0 radical (unpaired) electrons. The first kappa shape index (κ1) is 3.47. The van der Waals surface area contributed by atoms with Crippen LogP contribution in [0.2, 0.25) is 0 Å². The van der Waals surface area contributed by atoms with E-state index in [4.69, 9.17) is 1.37 Å². The molecule has 1 aliphatic rings. The monoisotopic (exact) mass is 101 g/mol. The number of ether oxygens (including phenoxy) is 1. The topological polar surface area (TPSA) is 26.3 Å². The highest BCUT2D eigenvalue weighted by atomic mass is 16.5. The summed E-state index contributed by atoms with van der Waals surface area (Å²) in [6.45, 7) is 0.291. The van der Waals surface area contributed by atoms with Gasteiger partial charge in [0.2, 0.25) is 0 Å². The molecule has 0 amide bonds. The Hall–Kier alpha value is -0.530. The molecular formula is C5H8O2. The molecule has 40 valence electrons. The Bertz CT molecular complexity index is 92.6. The largest absolute Gasteiger partial charge is 0.466 e. The molecule has 1 unspecified atom stereocenters. The van der Waals surface area contributed by atoms with Crippen LogP contribution in [0.3, 0.4) is 0 Å². The summed E-state index contributed by atoms with van der Waals surface area (Å²) in [5.41, 5.74) is 0. The molecule has 0 N–H and O–H groups in total. The molecule has 1 atom stereocenters. The predicted octanol–water partition coefficient (Wildman–Crippen LogP) is 0.714. The number of esters is 1. The Morgan fingerprint density at radius 2 is 2.71 bits per heavy atom. The lowest BCUT2D eigenvalue weighted by molar-refractivity contribution is -0.146. The molecule has 1 saturated heterocycles. The zero-order valence-corrected chi connectivity index (χ0v) is 4.02. The molecule has 1 rings (SSSR count). The minimum Gasteiger partial charge on any atom is -0.466 e. The summed E-state index contributed by atoms with van der Waals surface area (Å²) < 4.78 is 11.6. The van der Waals surface area contributed by atoms with Crippen LogP contribution in [0.5, 0.6) is 0 Å². The second kappa shape index (κ2) is 1.96. The maximum atomic E-state index is 10.3. The number of hydrogen-bond donors (Lipinski definition) is 0. The zero-order chi connectivity index (χ0) is 5.98. The molecule has 0 aromatic heterocycles. The van der Waals surface area contributed by atoms with Crippen LogP contribution in [0.15, 0.2) is 0 Å². The van der Waals surface area contributed by atoms with Gasteiger partial charge >= 0.3 is 5.97 Å². The number of rotatable bonds is 0. The minimum atomic E-state index is -0.173. The molecule has 0 aromatic carbocycles. The first-order valence-corrected chi connectivity index (χ1v) is 2.37. The summed E-state index contributed by atoms with van der Waals surface area (Å²) in [6, 6.07) is 0. The molecule has 2 nitrogen and oxygen atoms in total. The van der Waals surface area contributed by atoms with Gasteiger partial charge in [-0.15, -0.1) is 0 Å². The Morgan fingerprint density at radius 3 is 3.14 bits per heavy atom. The maximum absolute atomic E-state index is 10.3. The molecule has 1 heterocycles. The normalized spacial score (nSPS) is 34.0. The van der Waals surface area contributed by atoms with E-state index in [1.807, 2.05) is 0 Å². The van der Waals surface area contributed by atoms with Crippen LogP contribution in [-0.2, 0) is 9.53 Å². The van der Waals surface area contributed by atoms with Gasteiger partial charge in [-0.3, -0.25) is 4.79 Å². The molecule has 0 bridgehead atoms. The van der Waals surface area contributed by atoms with Crippen molar-refractivity contribution in [2.45, 2.75) is 19.2 Å². The van der Waals surface area contributed by atoms with Crippen LogP contribution in [-0.4, -0.2) is 12.6 Å². The van der Waals surface area contributed by atoms with Crippen LogP contribution in [0.4, 0.5) is 0 Å². The van der Waals surface area contributed by atoms with Crippen molar-refractivity contribution in [3.63, 3.8) is 0 Å². The molecule has 1 aliphatic heterocycles. The van der Waals surface area contributed by atoms with Crippen molar-refractivity contribution < 1.29 is 10.9 Å². The van der Waals surface area contributed by atoms with Crippen LogP contribution in [0, 0.1) is 0 Å². The fraction of sp³-hybridized carbons (Fsp3) is 0.800. The van der Waals surface area contributed by atoms with Crippen LogP contribution in [0.1, 0.15) is 20.6 Å². The SMILES string of the molecule is [2H]C1CCC(=O)OC1. The number of hydrogen-bond acceptors (Lipinski definition) is 2. The number of cyclic esters (lactones) is 1. The van der Waals surface area contributed by atoms with E-state index in [1.165, 1.54) is 0 Å². The summed E-state index contributed by atoms with van der Waals surface area (Å²) in [5.74, 6) is -0.159. The first-order chi connectivity index (χ1) is 3.79. The standard InChI is InChI=1S/C5H8O2/c6-5-3-1-2-4-7-5/h1-4H2/i2D. The van der Waals surface area contributed by atoms with Crippen LogP contribution < -0.4 is 0 Å². The molecule has 0 saturated carbocycles. The summed E-state index contributed by atoms with van der Waals surface area (Å²) in [4.78, 5) is 10.3. The zero-order valence-electron chi connectivity index (χ0n) is 5.02. The van der Waals surface area contributed by atoms with Gasteiger partial charge in [-0.25, -0.2) is 0 Å². The van der Waals surface area contributed by atoms with Crippen molar-refractivity contribution in [2.75, 3.05) is 6.61 Å². The highest BCUT2D eigenvalue weighted by molar-refractivity contribution is 5.69. The molecular weight excluding hydrogens is 92.1 g/mol. The summed E-state index contributed by atoms with van der Waals surface area (Å²) in [7, 11) is 0. The lowest BCUT2D eigenvalue weighted by Gasteiger charge is -2.08. The smallest absolute Gasteiger partial charge is 0.305 e. The van der Waals surface area contributed by atoms with Gasteiger partial charge in [-0.1, -0.05) is 0 Å². The van der Waals surface area contributed by atoms with Gasteiger partial charge in [0, 0.05) is 7.79 Å². The minimum absolute atomic E-state index is 0.159. The van der Waals surface area contributed by atoms with Crippen molar-refractivity contribution in [3.8, 4) is 0 Å². The van der Waals surface area contributed by atoms with Crippen molar-refractivity contribution in [2.24, 2.45) is 0 Å². The quantitative estimate of drug-likeness (QED) is 0.420. The van der Waals surface area contributed by atoms with Crippen molar-refractivity contribution >= 4 is 5.97 Å². The Morgan fingerprint density at radius 1 is 1.86 bits per heavy atom. The van der Waals surface area contributed by atoms with Gasteiger partial charge in [0.15, 0.2) is 0 Å². The van der Waals surface area contributed by atoms with Crippen molar-refractivity contribution in [1.29, 1.82) is 0 Å². The molecule has 0 spiro atoms. The van der Waals surface area contributed by atoms with E-state index in [0.717, 1.165) is 0 Å². The van der Waals surface area contributed by atoms with E-state index < -0.39 is 0 Å². The third kappa shape index (κ3) is 1.18. The van der Waals surface area contributed by atoms with E-state index in [2.05, 4.69) is 4.74 Å². The first-order valence-electron chi connectivity index (χ1n) is 2.94. The highest BCUT2D eigenvalue weighted by Gasteiger charge is 2.06. The van der Waals surface area contributed by atoms with Gasteiger partial charge in [0.1, 0.15) is 0 Å². The third-order valence-electron chi connectivity index (χ3n) is 0.915. The molecule has 2 heteroatoms. The lowest BCUT2D eigenvalue weighted by Crippen LogP contribution is -2.10. The average Bonchev–Trinajstić information content (AvgIpc) is 1.77.